The van der Waals surface area contributed by atoms with Gasteiger partial charge in [0.25, 0.3) is 0 Å². The molecule has 2 aromatic carbocycles. The van der Waals surface area contributed by atoms with Crippen LogP contribution in [-0.4, -0.2) is 16.1 Å². The number of nitrogens with zero attached hydrogens (tertiary/aromatic N) is 1. The first-order valence-electron chi connectivity index (χ1n) is 7.12. The molecule has 0 fully saturated rings. The van der Waals surface area contributed by atoms with Gasteiger partial charge in [-0.15, -0.1) is 0 Å². The third-order valence-electron chi connectivity index (χ3n) is 3.72. The van der Waals surface area contributed by atoms with E-state index in [9.17, 15) is 18.7 Å². The third-order valence-corrected chi connectivity index (χ3v) is 3.72. The summed E-state index contributed by atoms with van der Waals surface area (Å²) < 4.78 is 27.0. The number of halogens is 2. The van der Waals surface area contributed by atoms with Crippen LogP contribution in [0.4, 0.5) is 8.78 Å². The summed E-state index contributed by atoms with van der Waals surface area (Å²) in [6.07, 6.45) is 0.767. The molecule has 0 aliphatic rings. The fourth-order valence-electron chi connectivity index (χ4n) is 2.50. The molecule has 0 radical (unpaired) electrons. The number of carboxylic acids is 1. The van der Waals surface area contributed by atoms with Gasteiger partial charge < -0.3 is 5.11 Å². The predicted molar refractivity (Wildman–Crippen MR) is 83.4 cm³/mol. The maximum absolute atomic E-state index is 14.0. The summed E-state index contributed by atoms with van der Waals surface area (Å²) in [6, 6.07) is 9.78. The Balaban J connectivity index is 2.29. The highest BCUT2D eigenvalue weighted by Crippen LogP contribution is 2.28. The second-order valence-corrected chi connectivity index (χ2v) is 5.19. The molecule has 0 aliphatic carbocycles. The summed E-state index contributed by atoms with van der Waals surface area (Å²) in [6.45, 7) is 1.97. The van der Waals surface area contributed by atoms with E-state index in [1.165, 1.54) is 12.1 Å². The standard InChI is InChI=1S/C18H13F2NO2/c1-2-10-3-6-16-13(7-10)14(18(22)23)9-17(21-16)12-5-4-11(19)8-15(12)20/h3-9H,2H2,1H3,(H,22,23). The molecule has 0 atom stereocenters. The average molecular weight is 313 g/mol. The van der Waals surface area contributed by atoms with Gasteiger partial charge in [-0.25, -0.2) is 18.6 Å². The van der Waals surface area contributed by atoms with E-state index < -0.39 is 17.6 Å². The molecule has 1 aromatic heterocycles. The molecule has 5 heteroatoms. The Labute approximate surface area is 131 Å². The van der Waals surface area contributed by atoms with Crippen LogP contribution in [0.3, 0.4) is 0 Å². The van der Waals surface area contributed by atoms with Crippen LogP contribution in [0.5, 0.6) is 0 Å². The van der Waals surface area contributed by atoms with Gasteiger partial charge in [0.2, 0.25) is 0 Å². The molecular weight excluding hydrogens is 300 g/mol. The number of carboxylic acid groups (broad SMARTS) is 1. The number of pyridine rings is 1. The maximum atomic E-state index is 14.0. The van der Waals surface area contributed by atoms with E-state index in [-0.39, 0.29) is 16.8 Å². The second-order valence-electron chi connectivity index (χ2n) is 5.19. The minimum absolute atomic E-state index is 0.0454. The highest BCUT2D eigenvalue weighted by molar-refractivity contribution is 6.04. The van der Waals surface area contributed by atoms with Gasteiger partial charge in [0.1, 0.15) is 11.6 Å². The van der Waals surface area contributed by atoms with Crippen molar-refractivity contribution in [1.29, 1.82) is 0 Å². The minimum atomic E-state index is -1.12. The molecule has 116 valence electrons. The van der Waals surface area contributed by atoms with Gasteiger partial charge in [0, 0.05) is 17.0 Å². The largest absolute Gasteiger partial charge is 0.478 e. The maximum Gasteiger partial charge on any atom is 0.336 e. The number of fused-ring (bicyclic) bond motifs is 1. The zero-order valence-corrected chi connectivity index (χ0v) is 12.3. The molecule has 0 saturated carbocycles. The topological polar surface area (TPSA) is 50.2 Å². The molecule has 0 aliphatic heterocycles. The van der Waals surface area contributed by atoms with Crippen molar-refractivity contribution < 1.29 is 18.7 Å². The summed E-state index contributed by atoms with van der Waals surface area (Å²) >= 11 is 0. The van der Waals surface area contributed by atoms with Crippen LogP contribution < -0.4 is 0 Å². The lowest BCUT2D eigenvalue weighted by Crippen LogP contribution is -2.01. The van der Waals surface area contributed by atoms with Crippen molar-refractivity contribution in [2.45, 2.75) is 13.3 Å². The molecular formula is C18H13F2NO2. The fourth-order valence-corrected chi connectivity index (χ4v) is 2.50. The summed E-state index contributed by atoms with van der Waals surface area (Å²) in [4.78, 5) is 15.9. The Morgan fingerprint density at radius 2 is 1.91 bits per heavy atom. The quantitative estimate of drug-likeness (QED) is 0.777. The van der Waals surface area contributed by atoms with Gasteiger partial charge in [-0.2, -0.15) is 0 Å². The summed E-state index contributed by atoms with van der Waals surface area (Å²) in [5.74, 6) is -2.59. The first-order valence-corrected chi connectivity index (χ1v) is 7.12. The van der Waals surface area contributed by atoms with E-state index in [1.54, 1.807) is 12.1 Å². The number of aryl methyl sites for hydroxylation is 1. The Kier molecular flexibility index (Phi) is 3.78. The van der Waals surface area contributed by atoms with Crippen LogP contribution in [0.2, 0.25) is 0 Å². The summed E-state index contributed by atoms with van der Waals surface area (Å²) in [5, 5.41) is 9.95. The van der Waals surface area contributed by atoms with Crippen molar-refractivity contribution >= 4 is 16.9 Å². The lowest BCUT2D eigenvalue weighted by atomic mass is 10.0. The van der Waals surface area contributed by atoms with Gasteiger partial charge in [-0.3, -0.25) is 0 Å². The van der Waals surface area contributed by atoms with Crippen LogP contribution in [-0.2, 0) is 6.42 Å². The molecule has 0 bridgehead atoms. The summed E-state index contributed by atoms with van der Waals surface area (Å²) in [5.41, 5.74) is 1.72. The molecule has 3 aromatic rings. The van der Waals surface area contributed by atoms with Gasteiger partial charge in [-0.05, 0) is 42.3 Å². The average Bonchev–Trinajstić information content (AvgIpc) is 2.53. The van der Waals surface area contributed by atoms with Crippen LogP contribution in [0.15, 0.2) is 42.5 Å². The number of hydrogen-bond donors (Lipinski definition) is 1. The Bertz CT molecular complexity index is 922. The molecule has 0 amide bonds. The van der Waals surface area contributed by atoms with Crippen LogP contribution >= 0.6 is 0 Å². The number of benzene rings is 2. The van der Waals surface area contributed by atoms with Crippen molar-refractivity contribution in [1.82, 2.24) is 4.98 Å². The van der Waals surface area contributed by atoms with E-state index in [4.69, 9.17) is 0 Å². The first kappa shape index (κ1) is 15.1. The predicted octanol–water partition coefficient (Wildman–Crippen LogP) is 4.44. The van der Waals surface area contributed by atoms with Crippen LogP contribution in [0.1, 0.15) is 22.8 Å². The Morgan fingerprint density at radius 3 is 2.57 bits per heavy atom. The molecule has 23 heavy (non-hydrogen) atoms. The van der Waals surface area contributed by atoms with Crippen LogP contribution in [0, 0.1) is 11.6 Å². The lowest BCUT2D eigenvalue weighted by Gasteiger charge is -2.09. The fraction of sp³-hybridized carbons (Fsp3) is 0.111. The highest BCUT2D eigenvalue weighted by Gasteiger charge is 2.15. The Hall–Kier alpha value is -2.82. The lowest BCUT2D eigenvalue weighted by molar-refractivity contribution is 0.0699. The van der Waals surface area contributed by atoms with E-state index in [1.807, 2.05) is 13.0 Å². The molecule has 0 unspecified atom stereocenters. The minimum Gasteiger partial charge on any atom is -0.478 e. The van der Waals surface area contributed by atoms with Crippen molar-refractivity contribution in [3.05, 3.63) is 65.2 Å². The highest BCUT2D eigenvalue weighted by atomic mass is 19.1. The van der Waals surface area contributed by atoms with E-state index in [0.717, 1.165) is 24.1 Å². The van der Waals surface area contributed by atoms with E-state index in [2.05, 4.69) is 4.98 Å². The van der Waals surface area contributed by atoms with Gasteiger partial charge >= 0.3 is 5.97 Å². The number of carbonyl (C=O) groups is 1. The molecule has 3 rings (SSSR count). The monoisotopic (exact) mass is 313 g/mol. The van der Waals surface area contributed by atoms with Gasteiger partial charge in [0.05, 0.1) is 16.8 Å². The molecule has 0 spiro atoms. The smallest absolute Gasteiger partial charge is 0.336 e. The van der Waals surface area contributed by atoms with Gasteiger partial charge in [-0.1, -0.05) is 13.0 Å². The first-order chi connectivity index (χ1) is 11.0. The normalized spacial score (nSPS) is 10.9. The van der Waals surface area contributed by atoms with Crippen molar-refractivity contribution in [3.63, 3.8) is 0 Å². The second kappa shape index (κ2) is 5.76. The van der Waals surface area contributed by atoms with Crippen molar-refractivity contribution in [3.8, 4) is 11.3 Å². The number of rotatable bonds is 3. The Morgan fingerprint density at radius 1 is 1.13 bits per heavy atom. The number of aromatic nitrogens is 1. The van der Waals surface area contributed by atoms with Crippen molar-refractivity contribution in [2.24, 2.45) is 0 Å². The van der Waals surface area contributed by atoms with Gasteiger partial charge in [0.15, 0.2) is 0 Å². The zero-order valence-electron chi connectivity index (χ0n) is 12.3. The molecule has 3 nitrogen and oxygen atoms in total. The molecule has 1 heterocycles. The van der Waals surface area contributed by atoms with Crippen molar-refractivity contribution in [2.75, 3.05) is 0 Å². The van der Waals surface area contributed by atoms with E-state index in [0.29, 0.717) is 10.9 Å². The number of hydrogen-bond acceptors (Lipinski definition) is 2. The van der Waals surface area contributed by atoms with E-state index >= 15 is 0 Å². The molecule has 1 N–H and O–H groups in total. The SMILES string of the molecule is CCc1ccc2nc(-c3ccc(F)cc3F)cc(C(=O)O)c2c1. The summed E-state index contributed by atoms with van der Waals surface area (Å²) in [7, 11) is 0. The molecule has 0 saturated heterocycles. The van der Waals surface area contributed by atoms with Crippen LogP contribution in [0.25, 0.3) is 22.2 Å². The number of aromatic carboxylic acids is 1. The zero-order chi connectivity index (χ0) is 16.6. The third kappa shape index (κ3) is 2.77.